The molecule has 1 aromatic heterocycles. The Bertz CT molecular complexity index is 545. The summed E-state index contributed by atoms with van der Waals surface area (Å²) in [7, 11) is 0. The Balaban J connectivity index is 2.40. The Labute approximate surface area is 102 Å². The van der Waals surface area contributed by atoms with Gasteiger partial charge in [-0.15, -0.1) is 0 Å². The maximum atomic E-state index is 13.5. The van der Waals surface area contributed by atoms with Crippen LogP contribution in [0.2, 0.25) is 0 Å². The fourth-order valence-electron chi connectivity index (χ4n) is 1.38. The van der Waals surface area contributed by atoms with Crippen LogP contribution in [0.15, 0.2) is 46.7 Å². The third-order valence-electron chi connectivity index (χ3n) is 2.10. The Morgan fingerprint density at radius 1 is 1.35 bits per heavy atom. The lowest BCUT2D eigenvalue weighted by Gasteiger charge is -2.06. The van der Waals surface area contributed by atoms with E-state index in [4.69, 9.17) is 0 Å². The molecule has 0 unspecified atom stereocenters. The lowest BCUT2D eigenvalue weighted by atomic mass is 10.1. The van der Waals surface area contributed by atoms with Crippen molar-refractivity contribution < 1.29 is 9.18 Å². The minimum absolute atomic E-state index is 0.108. The summed E-state index contributed by atoms with van der Waals surface area (Å²) in [5.74, 6) is -0.795. The molecule has 2 rings (SSSR count). The molecule has 86 valence electrons. The first-order valence-corrected chi connectivity index (χ1v) is 5.73. The van der Waals surface area contributed by atoms with E-state index >= 15 is 0 Å². The van der Waals surface area contributed by atoms with Crippen LogP contribution in [0.5, 0.6) is 0 Å². The van der Waals surface area contributed by atoms with Crippen molar-refractivity contribution in [3.63, 3.8) is 0 Å². The van der Waals surface area contributed by atoms with Gasteiger partial charge in [-0.3, -0.25) is 4.79 Å². The lowest BCUT2D eigenvalue weighted by molar-refractivity contribution is 0.101. The molecule has 2 aromatic rings. The van der Waals surface area contributed by atoms with E-state index in [2.05, 4.69) is 9.97 Å². The van der Waals surface area contributed by atoms with Gasteiger partial charge < -0.3 is 0 Å². The fraction of sp³-hybridized carbons (Fsp3) is 0.0833. The Morgan fingerprint density at radius 2 is 2.18 bits per heavy atom. The number of benzene rings is 1. The second kappa shape index (κ2) is 5.05. The van der Waals surface area contributed by atoms with Gasteiger partial charge in [-0.25, -0.2) is 14.4 Å². The van der Waals surface area contributed by atoms with Crippen LogP contribution in [0.1, 0.15) is 17.3 Å². The molecule has 0 atom stereocenters. The largest absolute Gasteiger partial charge is 0.294 e. The van der Waals surface area contributed by atoms with E-state index in [1.807, 2.05) is 0 Å². The molecule has 0 amide bonds. The van der Waals surface area contributed by atoms with Gasteiger partial charge in [0.05, 0.1) is 5.56 Å². The lowest BCUT2D eigenvalue weighted by Crippen LogP contribution is -1.99. The van der Waals surface area contributed by atoms with Crippen molar-refractivity contribution in [2.75, 3.05) is 0 Å². The van der Waals surface area contributed by atoms with Gasteiger partial charge in [0.15, 0.2) is 5.78 Å². The van der Waals surface area contributed by atoms with E-state index in [9.17, 15) is 9.18 Å². The van der Waals surface area contributed by atoms with Crippen molar-refractivity contribution in [3.05, 3.63) is 48.2 Å². The highest BCUT2D eigenvalue weighted by Crippen LogP contribution is 2.30. The third-order valence-corrected chi connectivity index (χ3v) is 3.11. The molecule has 0 saturated carbocycles. The Kier molecular flexibility index (Phi) is 3.49. The first kappa shape index (κ1) is 11.7. The van der Waals surface area contributed by atoms with E-state index < -0.39 is 5.82 Å². The van der Waals surface area contributed by atoms with Gasteiger partial charge in [0, 0.05) is 11.1 Å². The summed E-state index contributed by atoms with van der Waals surface area (Å²) in [6.07, 6.45) is 3.01. The first-order valence-electron chi connectivity index (χ1n) is 4.92. The number of carbonyl (C=O) groups excluding carboxylic acids is 1. The van der Waals surface area contributed by atoms with Gasteiger partial charge >= 0.3 is 0 Å². The molecule has 0 aliphatic rings. The van der Waals surface area contributed by atoms with Gasteiger partial charge in [-0.2, -0.15) is 0 Å². The zero-order valence-corrected chi connectivity index (χ0v) is 9.87. The zero-order chi connectivity index (χ0) is 12.3. The van der Waals surface area contributed by atoms with E-state index in [1.165, 1.54) is 31.1 Å². The van der Waals surface area contributed by atoms with E-state index in [1.54, 1.807) is 24.4 Å². The maximum Gasteiger partial charge on any atom is 0.163 e. The molecule has 3 nitrogen and oxygen atoms in total. The molecule has 17 heavy (non-hydrogen) atoms. The average Bonchev–Trinajstić information content (AvgIpc) is 2.30. The van der Waals surface area contributed by atoms with Gasteiger partial charge in [0.2, 0.25) is 0 Å². The first-order chi connectivity index (χ1) is 8.18. The highest BCUT2D eigenvalue weighted by atomic mass is 32.2. The van der Waals surface area contributed by atoms with Crippen LogP contribution in [-0.2, 0) is 0 Å². The quantitative estimate of drug-likeness (QED) is 0.618. The van der Waals surface area contributed by atoms with Crippen molar-refractivity contribution in [1.82, 2.24) is 9.97 Å². The van der Waals surface area contributed by atoms with Crippen LogP contribution >= 0.6 is 11.8 Å². The van der Waals surface area contributed by atoms with Crippen molar-refractivity contribution in [2.24, 2.45) is 0 Å². The molecule has 0 spiro atoms. The molecule has 0 fully saturated rings. The highest BCUT2D eigenvalue weighted by Gasteiger charge is 2.13. The average molecular weight is 248 g/mol. The number of halogens is 1. The molecular weight excluding hydrogens is 239 g/mol. The normalized spacial score (nSPS) is 10.2. The fourth-order valence-corrected chi connectivity index (χ4v) is 2.33. The van der Waals surface area contributed by atoms with Gasteiger partial charge in [0.25, 0.3) is 0 Å². The van der Waals surface area contributed by atoms with Crippen molar-refractivity contribution in [2.45, 2.75) is 16.8 Å². The molecule has 1 heterocycles. The molecule has 5 heteroatoms. The van der Waals surface area contributed by atoms with Crippen LogP contribution in [0.3, 0.4) is 0 Å². The van der Waals surface area contributed by atoms with E-state index in [-0.39, 0.29) is 11.3 Å². The zero-order valence-electron chi connectivity index (χ0n) is 9.05. The molecular formula is C12H9FN2OS. The second-order valence-corrected chi connectivity index (χ2v) is 4.38. The summed E-state index contributed by atoms with van der Waals surface area (Å²) in [6.45, 7) is 1.35. The predicted molar refractivity (Wildman–Crippen MR) is 62.6 cm³/mol. The number of Topliss-reactive ketones (excluding diaryl/α,β-unsaturated/α-hetero) is 1. The van der Waals surface area contributed by atoms with Crippen LogP contribution in [-0.4, -0.2) is 15.8 Å². The summed E-state index contributed by atoms with van der Waals surface area (Å²) in [6, 6.07) is 6.26. The minimum Gasteiger partial charge on any atom is -0.294 e. The van der Waals surface area contributed by atoms with Crippen molar-refractivity contribution in [1.29, 1.82) is 0 Å². The van der Waals surface area contributed by atoms with Crippen LogP contribution in [0.4, 0.5) is 4.39 Å². The number of rotatable bonds is 3. The van der Waals surface area contributed by atoms with Crippen molar-refractivity contribution in [3.8, 4) is 0 Å². The van der Waals surface area contributed by atoms with Crippen molar-refractivity contribution >= 4 is 17.5 Å². The maximum absolute atomic E-state index is 13.5. The number of carbonyl (C=O) groups is 1. The Hall–Kier alpha value is -1.75. The van der Waals surface area contributed by atoms with E-state index in [0.29, 0.717) is 9.92 Å². The topological polar surface area (TPSA) is 42.9 Å². The third kappa shape index (κ3) is 2.68. The highest BCUT2D eigenvalue weighted by molar-refractivity contribution is 7.99. The smallest absolute Gasteiger partial charge is 0.163 e. The molecule has 0 radical (unpaired) electrons. The number of hydrogen-bond acceptors (Lipinski definition) is 4. The van der Waals surface area contributed by atoms with E-state index in [0.717, 1.165) is 0 Å². The molecule has 0 N–H and O–H groups in total. The molecule has 0 saturated heterocycles. The SMILES string of the molecule is CC(=O)c1c(F)cccc1Sc1ccncn1. The van der Waals surface area contributed by atoms with Crippen LogP contribution < -0.4 is 0 Å². The number of hydrogen-bond donors (Lipinski definition) is 0. The van der Waals surface area contributed by atoms with Gasteiger partial charge in [-0.05, 0) is 25.1 Å². The number of nitrogens with zero attached hydrogens (tertiary/aromatic N) is 2. The summed E-state index contributed by atoms with van der Waals surface area (Å²) >= 11 is 1.24. The monoisotopic (exact) mass is 248 g/mol. The molecule has 1 aromatic carbocycles. The Morgan fingerprint density at radius 3 is 2.82 bits per heavy atom. The summed E-state index contributed by atoms with van der Waals surface area (Å²) < 4.78 is 13.5. The van der Waals surface area contributed by atoms with Gasteiger partial charge in [0.1, 0.15) is 17.2 Å². The number of ketones is 1. The summed E-state index contributed by atoms with van der Waals surface area (Å²) in [5, 5.41) is 0.674. The second-order valence-electron chi connectivity index (χ2n) is 3.32. The molecule has 0 bridgehead atoms. The molecule has 0 aliphatic carbocycles. The molecule has 0 aliphatic heterocycles. The minimum atomic E-state index is -0.503. The van der Waals surface area contributed by atoms with Crippen LogP contribution in [0, 0.1) is 5.82 Å². The number of aromatic nitrogens is 2. The summed E-state index contributed by atoms with van der Waals surface area (Å²) in [4.78, 5) is 19.8. The summed E-state index contributed by atoms with van der Waals surface area (Å²) in [5.41, 5.74) is 0.108. The predicted octanol–water partition coefficient (Wildman–Crippen LogP) is 2.97. The van der Waals surface area contributed by atoms with Gasteiger partial charge in [-0.1, -0.05) is 17.8 Å². The standard InChI is InChI=1S/C12H9FN2OS/c1-8(16)12-9(13)3-2-4-10(12)17-11-5-6-14-7-15-11/h2-7H,1H3. The van der Waals surface area contributed by atoms with Crippen LogP contribution in [0.25, 0.3) is 0 Å².